The molecule has 0 bridgehead atoms. The minimum atomic E-state index is -3.41. The van der Waals surface area contributed by atoms with Gasteiger partial charge in [0.05, 0.1) is 4.90 Å². The Hall–Kier alpha value is -1.20. The van der Waals surface area contributed by atoms with Gasteiger partial charge in [-0.05, 0) is 17.7 Å². The summed E-state index contributed by atoms with van der Waals surface area (Å²) >= 11 is 0. The van der Waals surface area contributed by atoms with E-state index in [-0.39, 0.29) is 16.6 Å². The predicted molar refractivity (Wildman–Crippen MR) is 70.9 cm³/mol. The van der Waals surface area contributed by atoms with Crippen LogP contribution in [0.25, 0.3) is 0 Å². The Morgan fingerprint density at radius 3 is 2.22 bits per heavy atom. The first-order valence-corrected chi connectivity index (χ1v) is 7.46. The van der Waals surface area contributed by atoms with Crippen molar-refractivity contribution >= 4 is 15.8 Å². The van der Waals surface area contributed by atoms with Gasteiger partial charge in [-0.25, -0.2) is 13.1 Å². The van der Waals surface area contributed by atoms with E-state index < -0.39 is 10.0 Å². The summed E-state index contributed by atoms with van der Waals surface area (Å²) in [6.07, 6.45) is 0.346. The molecule has 5 heteroatoms. The number of sulfonamides is 1. The van der Waals surface area contributed by atoms with Gasteiger partial charge in [0.1, 0.15) is 5.78 Å². The molecule has 100 valence electrons. The summed E-state index contributed by atoms with van der Waals surface area (Å²) in [6, 6.07) is 6.43. The minimum absolute atomic E-state index is 0.00447. The van der Waals surface area contributed by atoms with Crippen LogP contribution in [0.4, 0.5) is 0 Å². The average Bonchev–Trinajstić information content (AvgIpc) is 2.29. The lowest BCUT2D eigenvalue weighted by Gasteiger charge is -2.07. The third kappa shape index (κ3) is 3.92. The molecule has 1 rings (SSSR count). The number of Topliss-reactive ketones (excluding diaryl/α,β-unsaturated/α-hetero) is 1. The highest BCUT2D eigenvalue weighted by atomic mass is 32.2. The first kappa shape index (κ1) is 14.9. The standard InChI is InChI=1S/C13H19NO3S/c1-4-14-18(16,17)12-7-5-11(6-8-12)9-13(15)10(2)3/h5-8,10,14H,4,9H2,1-3H3. The number of hydrogen-bond acceptors (Lipinski definition) is 3. The summed E-state index contributed by atoms with van der Waals surface area (Å²) in [5.41, 5.74) is 0.837. The summed E-state index contributed by atoms with van der Waals surface area (Å²) in [7, 11) is -3.41. The Morgan fingerprint density at radius 2 is 1.78 bits per heavy atom. The molecule has 0 saturated carbocycles. The molecule has 0 atom stereocenters. The van der Waals surface area contributed by atoms with E-state index in [9.17, 15) is 13.2 Å². The van der Waals surface area contributed by atoms with Crippen LogP contribution in [0.1, 0.15) is 26.3 Å². The third-order valence-electron chi connectivity index (χ3n) is 2.59. The topological polar surface area (TPSA) is 63.2 Å². The summed E-state index contributed by atoms with van der Waals surface area (Å²) < 4.78 is 25.8. The summed E-state index contributed by atoms with van der Waals surface area (Å²) in [5.74, 6) is 0.146. The summed E-state index contributed by atoms with van der Waals surface area (Å²) in [5, 5.41) is 0. The van der Waals surface area contributed by atoms with Gasteiger partial charge < -0.3 is 0 Å². The molecule has 4 nitrogen and oxygen atoms in total. The fourth-order valence-corrected chi connectivity index (χ4v) is 2.51. The van der Waals surface area contributed by atoms with Crippen LogP contribution in [0.2, 0.25) is 0 Å². The molecule has 0 amide bonds. The monoisotopic (exact) mass is 269 g/mol. The fraction of sp³-hybridized carbons (Fsp3) is 0.462. The van der Waals surface area contributed by atoms with E-state index >= 15 is 0 Å². The van der Waals surface area contributed by atoms with E-state index in [4.69, 9.17) is 0 Å². The lowest BCUT2D eigenvalue weighted by Crippen LogP contribution is -2.23. The summed E-state index contributed by atoms with van der Waals surface area (Å²) in [4.78, 5) is 11.8. The van der Waals surface area contributed by atoms with Crippen LogP contribution >= 0.6 is 0 Å². The quantitative estimate of drug-likeness (QED) is 0.855. The van der Waals surface area contributed by atoms with Gasteiger partial charge in [-0.3, -0.25) is 4.79 Å². The molecule has 0 aliphatic rings. The van der Waals surface area contributed by atoms with E-state index in [0.717, 1.165) is 5.56 Å². The maximum atomic E-state index is 11.7. The third-order valence-corrected chi connectivity index (χ3v) is 4.15. The van der Waals surface area contributed by atoms with E-state index in [1.54, 1.807) is 19.1 Å². The van der Waals surface area contributed by atoms with Gasteiger partial charge in [-0.2, -0.15) is 0 Å². The van der Waals surface area contributed by atoms with Gasteiger partial charge >= 0.3 is 0 Å². The second-order valence-corrected chi connectivity index (χ2v) is 6.21. The van der Waals surface area contributed by atoms with E-state index in [1.807, 2.05) is 13.8 Å². The molecule has 0 fully saturated rings. The van der Waals surface area contributed by atoms with Crippen LogP contribution in [-0.4, -0.2) is 20.7 Å². The van der Waals surface area contributed by atoms with Crippen LogP contribution in [0.3, 0.4) is 0 Å². The summed E-state index contributed by atoms with van der Waals surface area (Å²) in [6.45, 7) is 5.79. The first-order chi connectivity index (χ1) is 8.36. The zero-order valence-electron chi connectivity index (χ0n) is 10.9. The molecular weight excluding hydrogens is 250 g/mol. The number of rotatable bonds is 6. The average molecular weight is 269 g/mol. The Morgan fingerprint density at radius 1 is 1.22 bits per heavy atom. The molecule has 1 N–H and O–H groups in total. The number of ketones is 1. The molecule has 0 heterocycles. The van der Waals surface area contributed by atoms with Crippen molar-refractivity contribution in [2.75, 3.05) is 6.54 Å². The number of benzene rings is 1. The number of carbonyl (C=O) groups is 1. The molecule has 0 aliphatic carbocycles. The van der Waals surface area contributed by atoms with Crippen molar-refractivity contribution in [2.45, 2.75) is 32.1 Å². The van der Waals surface area contributed by atoms with Crippen LogP contribution in [0, 0.1) is 5.92 Å². The second-order valence-electron chi connectivity index (χ2n) is 4.44. The zero-order chi connectivity index (χ0) is 13.8. The predicted octanol–water partition coefficient (Wildman–Crippen LogP) is 1.75. The molecule has 1 aromatic rings. The Labute approximate surface area is 108 Å². The highest BCUT2D eigenvalue weighted by Crippen LogP contribution is 2.12. The van der Waals surface area contributed by atoms with Crippen LogP contribution < -0.4 is 4.72 Å². The Kier molecular flexibility index (Phi) is 5.04. The molecule has 0 spiro atoms. The van der Waals surface area contributed by atoms with Crippen LogP contribution in [0.15, 0.2) is 29.2 Å². The van der Waals surface area contributed by atoms with Crippen molar-refractivity contribution in [3.05, 3.63) is 29.8 Å². The van der Waals surface area contributed by atoms with E-state index in [1.165, 1.54) is 12.1 Å². The van der Waals surface area contributed by atoms with Gasteiger partial charge in [0.15, 0.2) is 0 Å². The molecule has 0 radical (unpaired) electrons. The van der Waals surface area contributed by atoms with Crippen molar-refractivity contribution in [3.8, 4) is 0 Å². The molecule has 0 aliphatic heterocycles. The maximum Gasteiger partial charge on any atom is 0.240 e. The smallest absolute Gasteiger partial charge is 0.240 e. The van der Waals surface area contributed by atoms with Gasteiger partial charge in [0, 0.05) is 18.9 Å². The number of hydrogen-bond donors (Lipinski definition) is 1. The molecule has 18 heavy (non-hydrogen) atoms. The van der Waals surface area contributed by atoms with Gasteiger partial charge in [0.25, 0.3) is 0 Å². The fourth-order valence-electron chi connectivity index (χ4n) is 1.47. The normalized spacial score (nSPS) is 11.8. The van der Waals surface area contributed by atoms with Gasteiger partial charge in [0.2, 0.25) is 10.0 Å². The SMILES string of the molecule is CCNS(=O)(=O)c1ccc(CC(=O)C(C)C)cc1. The van der Waals surface area contributed by atoms with Gasteiger partial charge in [-0.1, -0.05) is 32.9 Å². The molecule has 0 saturated heterocycles. The number of nitrogens with one attached hydrogen (secondary N) is 1. The minimum Gasteiger partial charge on any atom is -0.299 e. The molecule has 0 aromatic heterocycles. The zero-order valence-corrected chi connectivity index (χ0v) is 11.8. The van der Waals surface area contributed by atoms with Crippen LogP contribution in [-0.2, 0) is 21.2 Å². The molecule has 0 unspecified atom stereocenters. The van der Waals surface area contributed by atoms with Crippen molar-refractivity contribution in [1.82, 2.24) is 4.72 Å². The number of carbonyl (C=O) groups excluding carboxylic acids is 1. The van der Waals surface area contributed by atoms with Crippen LogP contribution in [0.5, 0.6) is 0 Å². The maximum absolute atomic E-state index is 11.7. The van der Waals surface area contributed by atoms with Crippen molar-refractivity contribution < 1.29 is 13.2 Å². The Bertz CT molecular complexity index is 504. The highest BCUT2D eigenvalue weighted by molar-refractivity contribution is 7.89. The lowest BCUT2D eigenvalue weighted by molar-refractivity contribution is -0.121. The highest BCUT2D eigenvalue weighted by Gasteiger charge is 2.13. The first-order valence-electron chi connectivity index (χ1n) is 5.98. The van der Waals surface area contributed by atoms with E-state index in [0.29, 0.717) is 13.0 Å². The largest absolute Gasteiger partial charge is 0.299 e. The Balaban J connectivity index is 2.84. The van der Waals surface area contributed by atoms with Gasteiger partial charge in [-0.15, -0.1) is 0 Å². The van der Waals surface area contributed by atoms with Crippen molar-refractivity contribution in [3.63, 3.8) is 0 Å². The van der Waals surface area contributed by atoms with Crippen molar-refractivity contribution in [2.24, 2.45) is 5.92 Å². The molecular formula is C13H19NO3S. The lowest BCUT2D eigenvalue weighted by atomic mass is 10.0. The second kappa shape index (κ2) is 6.11. The van der Waals surface area contributed by atoms with Crippen molar-refractivity contribution in [1.29, 1.82) is 0 Å². The molecule has 1 aromatic carbocycles. The van der Waals surface area contributed by atoms with E-state index in [2.05, 4.69) is 4.72 Å².